The molecule has 20 heavy (non-hydrogen) atoms. The van der Waals surface area contributed by atoms with Gasteiger partial charge in [0, 0.05) is 0 Å². The van der Waals surface area contributed by atoms with Crippen LogP contribution in [0.2, 0.25) is 0 Å². The van der Waals surface area contributed by atoms with E-state index in [1.165, 1.54) is 0 Å². The normalized spacial score (nSPS) is 45.1. The zero-order valence-corrected chi connectivity index (χ0v) is 12.8. The van der Waals surface area contributed by atoms with E-state index >= 15 is 0 Å². The number of rotatable bonds is 2. The summed E-state index contributed by atoms with van der Waals surface area (Å²) >= 11 is 4.74. The summed E-state index contributed by atoms with van der Waals surface area (Å²) in [6.45, 7) is 7.89. The summed E-state index contributed by atoms with van der Waals surface area (Å²) in [7, 11) is 0. The molecule has 0 aliphatic carbocycles. The van der Waals surface area contributed by atoms with E-state index in [-0.39, 0.29) is 24.4 Å². The molecule has 0 bridgehead atoms. The molecule has 0 aromatic rings. The van der Waals surface area contributed by atoms with Crippen LogP contribution in [-0.2, 0) is 23.7 Å². The van der Waals surface area contributed by atoms with E-state index in [9.17, 15) is 0 Å². The van der Waals surface area contributed by atoms with Crippen LogP contribution in [0.15, 0.2) is 4.99 Å². The Labute approximate surface area is 123 Å². The van der Waals surface area contributed by atoms with Gasteiger partial charge in [-0.3, -0.25) is 0 Å². The molecule has 0 saturated carbocycles. The molecule has 6 nitrogen and oxygen atoms in total. The second-order valence-electron chi connectivity index (χ2n) is 6.15. The number of aliphatic imine (C=N–C) groups is 1. The third kappa shape index (κ3) is 2.55. The zero-order chi connectivity index (χ0) is 14.5. The Morgan fingerprint density at radius 1 is 1.05 bits per heavy atom. The van der Waals surface area contributed by atoms with Gasteiger partial charge >= 0.3 is 0 Å². The number of thiocarbonyl (C=S) groups is 1. The van der Waals surface area contributed by atoms with Gasteiger partial charge in [-0.25, -0.2) is 4.99 Å². The fourth-order valence-corrected chi connectivity index (χ4v) is 3.03. The first-order valence-corrected chi connectivity index (χ1v) is 7.12. The van der Waals surface area contributed by atoms with E-state index in [1.807, 2.05) is 27.7 Å². The number of ether oxygens (including phenoxy) is 5. The third-order valence-electron chi connectivity index (χ3n) is 3.65. The topological polar surface area (TPSA) is 58.5 Å². The average Bonchev–Trinajstić information content (AvgIpc) is 2.91. The van der Waals surface area contributed by atoms with Crippen molar-refractivity contribution >= 4 is 17.4 Å². The van der Waals surface area contributed by atoms with Crippen LogP contribution in [0.3, 0.4) is 0 Å². The molecule has 3 heterocycles. The average molecular weight is 301 g/mol. The highest BCUT2D eigenvalue weighted by Gasteiger charge is 2.58. The van der Waals surface area contributed by atoms with Gasteiger partial charge in [0.1, 0.15) is 24.4 Å². The third-order valence-corrected chi connectivity index (χ3v) is 3.76. The highest BCUT2D eigenvalue weighted by molar-refractivity contribution is 7.78. The van der Waals surface area contributed by atoms with Crippen LogP contribution in [-0.4, -0.2) is 54.0 Å². The molecule has 0 amide bonds. The molecule has 0 spiro atoms. The maximum Gasteiger partial charge on any atom is 0.189 e. The van der Waals surface area contributed by atoms with Crippen molar-refractivity contribution in [2.24, 2.45) is 4.99 Å². The number of hydrogen-bond acceptors (Lipinski definition) is 7. The second-order valence-corrected chi connectivity index (χ2v) is 6.33. The van der Waals surface area contributed by atoms with E-state index in [1.54, 1.807) is 0 Å². The molecule has 0 N–H and O–H groups in total. The molecule has 0 aromatic heterocycles. The summed E-state index contributed by atoms with van der Waals surface area (Å²) in [6.07, 6.45) is -1.28. The van der Waals surface area contributed by atoms with Crippen LogP contribution in [0.4, 0.5) is 0 Å². The first kappa shape index (κ1) is 14.5. The first-order valence-electron chi connectivity index (χ1n) is 6.71. The second kappa shape index (κ2) is 4.81. The number of fused-ring (bicyclic) bond motifs is 1. The fourth-order valence-electron chi connectivity index (χ4n) is 2.91. The molecule has 3 aliphatic heterocycles. The molecular weight excluding hydrogens is 282 g/mol. The molecule has 3 aliphatic rings. The summed E-state index contributed by atoms with van der Waals surface area (Å²) in [5.41, 5.74) is 0. The van der Waals surface area contributed by atoms with E-state index in [4.69, 9.17) is 35.9 Å². The number of isothiocyanates is 1. The van der Waals surface area contributed by atoms with E-state index < -0.39 is 17.9 Å². The van der Waals surface area contributed by atoms with Crippen LogP contribution in [0, 0.1) is 0 Å². The van der Waals surface area contributed by atoms with Gasteiger partial charge in [0.2, 0.25) is 0 Å². The highest BCUT2D eigenvalue weighted by atomic mass is 32.1. The molecule has 0 radical (unpaired) electrons. The summed E-state index contributed by atoms with van der Waals surface area (Å²) in [5, 5.41) is 2.42. The van der Waals surface area contributed by atoms with Gasteiger partial charge in [-0.05, 0) is 39.9 Å². The van der Waals surface area contributed by atoms with Crippen molar-refractivity contribution in [2.75, 3.05) is 6.61 Å². The summed E-state index contributed by atoms with van der Waals surface area (Å²) in [5.74, 6) is -1.29. The fraction of sp³-hybridized carbons (Fsp3) is 0.923. The smallest absolute Gasteiger partial charge is 0.189 e. The first-order chi connectivity index (χ1) is 9.31. The van der Waals surface area contributed by atoms with Gasteiger partial charge in [0.25, 0.3) is 0 Å². The maximum atomic E-state index is 5.93. The molecule has 5 atom stereocenters. The van der Waals surface area contributed by atoms with Crippen molar-refractivity contribution in [2.45, 2.75) is 69.9 Å². The Balaban J connectivity index is 1.78. The van der Waals surface area contributed by atoms with Crippen LogP contribution >= 0.6 is 12.2 Å². The molecule has 112 valence electrons. The minimum atomic E-state index is -0.679. The largest absolute Gasteiger partial charge is 0.348 e. The summed E-state index contributed by atoms with van der Waals surface area (Å²) < 4.78 is 28.9. The number of nitrogens with zero attached hydrogens (tertiary/aromatic N) is 1. The predicted octanol–water partition coefficient (Wildman–Crippen LogP) is 1.49. The standard InChI is InChI=1S/C13H19NO5S/c1-12(2)15-5-7(17-12)9-8(14-6-20)10-11(16-9)19-13(3,4)18-10/h7-11H,5H2,1-4H3/t7-,8+,9+,10-,11-/m1/s1. The van der Waals surface area contributed by atoms with Gasteiger partial charge < -0.3 is 23.7 Å². The molecule has 3 fully saturated rings. The molecular formula is C13H19NO5S. The minimum absolute atomic E-state index is 0.219. The SMILES string of the molecule is CC1(C)O[C@H]2O[C@@H]([C@H]3COC(C)(C)O3)[C@H](N=C=S)[C@H]2O1. The van der Waals surface area contributed by atoms with Crippen molar-refractivity contribution < 1.29 is 23.7 Å². The minimum Gasteiger partial charge on any atom is -0.348 e. The van der Waals surface area contributed by atoms with E-state index in [0.29, 0.717) is 6.61 Å². The summed E-state index contributed by atoms with van der Waals surface area (Å²) in [6, 6.07) is -0.290. The lowest BCUT2D eigenvalue weighted by Crippen LogP contribution is -2.41. The van der Waals surface area contributed by atoms with Crippen LogP contribution in [0.5, 0.6) is 0 Å². The van der Waals surface area contributed by atoms with Gasteiger partial charge in [0.15, 0.2) is 17.9 Å². The van der Waals surface area contributed by atoms with E-state index in [0.717, 1.165) is 0 Å². The predicted molar refractivity (Wildman–Crippen MR) is 72.4 cm³/mol. The lowest BCUT2D eigenvalue weighted by Gasteiger charge is -2.26. The van der Waals surface area contributed by atoms with Crippen molar-refractivity contribution in [3.8, 4) is 0 Å². The Morgan fingerprint density at radius 2 is 1.80 bits per heavy atom. The molecule has 7 heteroatoms. The van der Waals surface area contributed by atoms with Crippen LogP contribution in [0.25, 0.3) is 0 Å². The van der Waals surface area contributed by atoms with Crippen LogP contribution in [0.1, 0.15) is 27.7 Å². The summed E-state index contributed by atoms with van der Waals surface area (Å²) in [4.78, 5) is 4.20. The monoisotopic (exact) mass is 301 g/mol. The quantitative estimate of drug-likeness (QED) is 0.569. The number of hydrogen-bond donors (Lipinski definition) is 0. The Kier molecular flexibility index (Phi) is 3.50. The van der Waals surface area contributed by atoms with Gasteiger partial charge in [-0.15, -0.1) is 0 Å². The molecule has 3 rings (SSSR count). The highest BCUT2D eigenvalue weighted by Crippen LogP contribution is 2.41. The van der Waals surface area contributed by atoms with Crippen molar-refractivity contribution in [1.82, 2.24) is 0 Å². The molecule has 3 saturated heterocycles. The van der Waals surface area contributed by atoms with Crippen LogP contribution < -0.4 is 0 Å². The van der Waals surface area contributed by atoms with E-state index in [2.05, 4.69) is 10.2 Å². The Hall–Kier alpha value is -0.400. The Bertz CT molecular complexity index is 448. The van der Waals surface area contributed by atoms with Crippen molar-refractivity contribution in [1.29, 1.82) is 0 Å². The maximum absolute atomic E-state index is 5.93. The Morgan fingerprint density at radius 3 is 2.40 bits per heavy atom. The van der Waals surface area contributed by atoms with Gasteiger partial charge in [-0.1, -0.05) is 0 Å². The van der Waals surface area contributed by atoms with Crippen molar-refractivity contribution in [3.63, 3.8) is 0 Å². The van der Waals surface area contributed by atoms with Gasteiger partial charge in [0.05, 0.1) is 11.8 Å². The molecule has 0 unspecified atom stereocenters. The lowest BCUT2D eigenvalue weighted by molar-refractivity contribution is -0.222. The van der Waals surface area contributed by atoms with Gasteiger partial charge in [-0.2, -0.15) is 0 Å². The van der Waals surface area contributed by atoms with Crippen molar-refractivity contribution in [3.05, 3.63) is 0 Å². The lowest BCUT2D eigenvalue weighted by atomic mass is 10.0. The molecule has 0 aromatic carbocycles. The zero-order valence-electron chi connectivity index (χ0n) is 12.0.